The Bertz CT molecular complexity index is 1190. The zero-order valence-electron chi connectivity index (χ0n) is 21.9. The number of anilines is 1. The Morgan fingerprint density at radius 1 is 1.00 bits per heavy atom. The third-order valence-electron chi connectivity index (χ3n) is 8.76. The fraction of sp³-hybridized carbons (Fsp3) is 0.517. The van der Waals surface area contributed by atoms with Crippen molar-refractivity contribution in [3.8, 4) is 0 Å². The predicted octanol–water partition coefficient (Wildman–Crippen LogP) is 5.13. The first-order chi connectivity index (χ1) is 18.0. The smallest absolute Gasteiger partial charge is 0.322 e. The van der Waals surface area contributed by atoms with Crippen LogP contribution < -0.4 is 16.0 Å². The Hall–Kier alpha value is -3.20. The minimum atomic E-state index is -1.54. The van der Waals surface area contributed by atoms with Crippen LogP contribution in [-0.2, 0) is 18.5 Å². The first-order valence-corrected chi connectivity index (χ1v) is 13.3. The Labute approximate surface area is 222 Å². The summed E-state index contributed by atoms with van der Waals surface area (Å²) in [6, 6.07) is 12.1. The van der Waals surface area contributed by atoms with E-state index >= 15 is 0 Å². The summed E-state index contributed by atoms with van der Waals surface area (Å²) in [5.74, 6) is -0.292. The topological polar surface area (TPSA) is 93.7 Å². The van der Waals surface area contributed by atoms with Crippen LogP contribution in [0.25, 0.3) is 0 Å². The lowest BCUT2D eigenvalue weighted by Gasteiger charge is -2.54. The van der Waals surface area contributed by atoms with Gasteiger partial charge in [0, 0.05) is 24.3 Å². The highest BCUT2D eigenvalue weighted by Gasteiger charge is 2.50. The number of urea groups is 2. The molecule has 6 rings (SSSR count). The van der Waals surface area contributed by atoms with Crippen molar-refractivity contribution in [2.24, 2.45) is 0 Å². The van der Waals surface area contributed by atoms with E-state index in [0.717, 1.165) is 49.7 Å². The Morgan fingerprint density at radius 3 is 2.26 bits per heavy atom. The summed E-state index contributed by atoms with van der Waals surface area (Å²) < 4.78 is 27.5. The molecular formula is C29H36F2N4O3. The van der Waals surface area contributed by atoms with Crippen LogP contribution in [0.5, 0.6) is 0 Å². The largest absolute Gasteiger partial charge is 0.387 e. The van der Waals surface area contributed by atoms with Gasteiger partial charge in [-0.2, -0.15) is 0 Å². The lowest BCUT2D eigenvalue weighted by molar-refractivity contribution is -0.00135. The normalized spacial score (nSPS) is 25.0. The van der Waals surface area contributed by atoms with Crippen molar-refractivity contribution in [2.75, 3.05) is 11.9 Å². The van der Waals surface area contributed by atoms with Crippen LogP contribution in [0.3, 0.4) is 0 Å². The molecule has 7 nitrogen and oxygen atoms in total. The van der Waals surface area contributed by atoms with E-state index < -0.39 is 17.8 Å². The van der Waals surface area contributed by atoms with Crippen molar-refractivity contribution in [1.29, 1.82) is 0 Å². The van der Waals surface area contributed by atoms with Crippen LogP contribution in [0.15, 0.2) is 42.5 Å². The average molecular weight is 527 g/mol. The van der Waals surface area contributed by atoms with Crippen LogP contribution in [-0.4, -0.2) is 45.9 Å². The highest BCUT2D eigenvalue weighted by Crippen LogP contribution is 2.53. The van der Waals surface area contributed by atoms with Gasteiger partial charge in [-0.3, -0.25) is 0 Å². The van der Waals surface area contributed by atoms with Crippen LogP contribution in [0, 0.1) is 5.82 Å². The number of fused-ring (bicyclic) bond motifs is 4. The molecule has 1 aliphatic heterocycles. The molecule has 2 aromatic rings. The van der Waals surface area contributed by atoms with Crippen molar-refractivity contribution in [3.63, 3.8) is 0 Å². The second-order valence-electron chi connectivity index (χ2n) is 11.8. The van der Waals surface area contributed by atoms with Gasteiger partial charge < -0.3 is 26.0 Å². The fourth-order valence-electron chi connectivity index (χ4n) is 6.14. The van der Waals surface area contributed by atoms with Crippen LogP contribution in [0.1, 0.15) is 69.1 Å². The van der Waals surface area contributed by atoms with Gasteiger partial charge in [0.25, 0.3) is 0 Å². The highest BCUT2D eigenvalue weighted by molar-refractivity contribution is 5.89. The lowest BCUT2D eigenvalue weighted by Crippen LogP contribution is -2.60. The average Bonchev–Trinajstić information content (AvgIpc) is 3.31. The number of alkyl halides is 1. The van der Waals surface area contributed by atoms with Crippen LogP contribution in [0.4, 0.5) is 24.1 Å². The molecule has 3 saturated carbocycles. The van der Waals surface area contributed by atoms with Gasteiger partial charge in [-0.15, -0.1) is 0 Å². The van der Waals surface area contributed by atoms with E-state index in [4.69, 9.17) is 0 Å². The molecule has 1 atom stereocenters. The van der Waals surface area contributed by atoms with E-state index in [1.54, 1.807) is 11.0 Å². The molecule has 2 aromatic carbocycles. The number of amides is 4. The molecule has 0 spiro atoms. The van der Waals surface area contributed by atoms with E-state index in [-0.39, 0.29) is 29.3 Å². The van der Waals surface area contributed by atoms with Crippen LogP contribution >= 0.6 is 0 Å². The molecule has 9 heteroatoms. The minimum Gasteiger partial charge on any atom is -0.387 e. The maximum atomic E-state index is 14.0. The Kier molecular flexibility index (Phi) is 6.84. The number of carbonyl (C=O) groups is 2. The summed E-state index contributed by atoms with van der Waals surface area (Å²) in [5, 5.41) is 18.3. The number of nitrogens with zero attached hydrogens (tertiary/aromatic N) is 1. The zero-order valence-corrected chi connectivity index (χ0v) is 21.9. The van der Waals surface area contributed by atoms with Gasteiger partial charge >= 0.3 is 12.1 Å². The molecule has 0 saturated heterocycles. The van der Waals surface area contributed by atoms with Gasteiger partial charge in [0.2, 0.25) is 0 Å². The molecule has 4 amide bonds. The SMILES string of the molecule is CC(C)(O)[C@H](F)CNC(=O)NC12CCC(c3ccc(NC(=O)N4Cc5ccc(F)cc5C4)cc3)(CC1)CC2. The maximum absolute atomic E-state index is 14.0. The second-order valence-corrected chi connectivity index (χ2v) is 11.8. The first-order valence-electron chi connectivity index (χ1n) is 13.3. The third-order valence-corrected chi connectivity index (χ3v) is 8.76. The zero-order chi connectivity index (χ0) is 27.1. The molecule has 4 aliphatic rings. The van der Waals surface area contributed by atoms with Gasteiger partial charge in [0.15, 0.2) is 0 Å². The Morgan fingerprint density at radius 2 is 1.63 bits per heavy atom. The molecule has 1 heterocycles. The minimum absolute atomic E-state index is 0.0497. The maximum Gasteiger partial charge on any atom is 0.322 e. The monoisotopic (exact) mass is 526 g/mol. The summed E-state index contributed by atoms with van der Waals surface area (Å²) in [6.45, 7) is 3.38. The third kappa shape index (κ3) is 5.34. The highest BCUT2D eigenvalue weighted by atomic mass is 19.1. The molecule has 4 N–H and O–H groups in total. The quantitative estimate of drug-likeness (QED) is 0.421. The number of carbonyl (C=O) groups excluding carboxylic acids is 2. The van der Waals surface area contributed by atoms with Gasteiger partial charge in [-0.25, -0.2) is 18.4 Å². The molecule has 38 heavy (non-hydrogen) atoms. The number of rotatable bonds is 6. The summed E-state index contributed by atoms with van der Waals surface area (Å²) >= 11 is 0. The number of nitrogens with one attached hydrogen (secondary N) is 3. The molecule has 0 aromatic heterocycles. The number of hydrogen-bond acceptors (Lipinski definition) is 3. The van der Waals surface area contributed by atoms with E-state index in [1.807, 2.05) is 12.1 Å². The van der Waals surface area contributed by atoms with Crippen molar-refractivity contribution < 1.29 is 23.5 Å². The molecule has 3 fully saturated rings. The van der Waals surface area contributed by atoms with Gasteiger partial charge in [-0.05, 0) is 98.7 Å². The van der Waals surface area contributed by atoms with Gasteiger partial charge in [0.05, 0.1) is 12.1 Å². The fourth-order valence-corrected chi connectivity index (χ4v) is 6.14. The predicted molar refractivity (Wildman–Crippen MR) is 141 cm³/mol. The Balaban J connectivity index is 1.14. The van der Waals surface area contributed by atoms with Crippen molar-refractivity contribution >= 4 is 17.7 Å². The van der Waals surface area contributed by atoms with E-state index in [9.17, 15) is 23.5 Å². The van der Waals surface area contributed by atoms with Gasteiger partial charge in [0.1, 0.15) is 12.0 Å². The summed E-state index contributed by atoms with van der Waals surface area (Å²) in [4.78, 5) is 26.9. The first kappa shape index (κ1) is 26.4. The summed E-state index contributed by atoms with van der Waals surface area (Å²) in [5.41, 5.74) is 2.03. The number of hydrogen-bond donors (Lipinski definition) is 4. The summed E-state index contributed by atoms with van der Waals surface area (Å²) in [7, 11) is 0. The van der Waals surface area contributed by atoms with Crippen molar-refractivity contribution in [2.45, 2.75) is 88.2 Å². The number of benzene rings is 2. The standard InChI is InChI=1S/C29H36F2N4O3/c1-27(2,38)24(31)16-32-25(36)34-29-12-9-28(10-13-29,11-14-29)21-4-7-23(8-5-21)33-26(37)35-17-19-3-6-22(30)15-20(19)18-35/h3-8,15,24,38H,9-14,16-18H2,1-2H3,(H,33,37)(H2,32,34,36)/t24-,28?,29?/m1/s1. The molecule has 0 radical (unpaired) electrons. The molecule has 0 unspecified atom stereocenters. The van der Waals surface area contributed by atoms with Crippen molar-refractivity contribution in [3.05, 3.63) is 65.0 Å². The second kappa shape index (κ2) is 9.84. The van der Waals surface area contributed by atoms with E-state index in [0.29, 0.717) is 18.8 Å². The molecular weight excluding hydrogens is 490 g/mol. The van der Waals surface area contributed by atoms with Crippen molar-refractivity contribution in [1.82, 2.24) is 15.5 Å². The van der Waals surface area contributed by atoms with Gasteiger partial charge in [-0.1, -0.05) is 18.2 Å². The number of aliphatic hydroxyl groups is 1. The number of halogens is 2. The molecule has 204 valence electrons. The lowest BCUT2D eigenvalue weighted by atomic mass is 9.55. The van der Waals surface area contributed by atoms with E-state index in [1.165, 1.54) is 31.5 Å². The summed E-state index contributed by atoms with van der Waals surface area (Å²) in [6.07, 6.45) is 3.82. The van der Waals surface area contributed by atoms with Crippen LogP contribution in [0.2, 0.25) is 0 Å². The van der Waals surface area contributed by atoms with E-state index in [2.05, 4.69) is 28.1 Å². The molecule has 3 aliphatic carbocycles. The molecule has 2 bridgehead atoms.